The van der Waals surface area contributed by atoms with E-state index in [0.29, 0.717) is 18.2 Å². The highest BCUT2D eigenvalue weighted by molar-refractivity contribution is 5.99. The first-order valence-corrected chi connectivity index (χ1v) is 12.9. The van der Waals surface area contributed by atoms with Crippen LogP contribution >= 0.6 is 0 Å². The predicted molar refractivity (Wildman–Crippen MR) is 145 cm³/mol. The second-order valence-electron chi connectivity index (χ2n) is 9.42. The summed E-state index contributed by atoms with van der Waals surface area (Å²) in [7, 11) is 0. The van der Waals surface area contributed by atoms with Crippen molar-refractivity contribution in [1.29, 1.82) is 0 Å². The van der Waals surface area contributed by atoms with E-state index in [1.54, 1.807) is 12.4 Å². The Hall–Kier alpha value is -3.38. The summed E-state index contributed by atoms with van der Waals surface area (Å²) in [4.78, 5) is 22.0. The lowest BCUT2D eigenvalue weighted by Crippen LogP contribution is -2.37. The lowest BCUT2D eigenvalue weighted by atomic mass is 9.99. The minimum absolute atomic E-state index is 0.186. The van der Waals surface area contributed by atoms with Crippen LogP contribution < -0.4 is 9.64 Å². The van der Waals surface area contributed by atoms with Crippen molar-refractivity contribution in [2.75, 3.05) is 31.1 Å². The van der Waals surface area contributed by atoms with Gasteiger partial charge in [0.25, 0.3) is 0 Å². The lowest BCUT2D eigenvalue weighted by Gasteiger charge is -2.29. The summed E-state index contributed by atoms with van der Waals surface area (Å²) in [6, 6.07) is 19.1. The molecule has 1 atom stereocenters. The fourth-order valence-electron chi connectivity index (χ4n) is 4.94. The molecule has 6 nitrogen and oxygen atoms in total. The van der Waals surface area contributed by atoms with E-state index >= 15 is 0 Å². The highest BCUT2D eigenvalue weighted by atomic mass is 16.5. The smallest absolute Gasteiger partial charge is 0.340 e. The van der Waals surface area contributed by atoms with Gasteiger partial charge in [0.15, 0.2) is 0 Å². The second-order valence-corrected chi connectivity index (χ2v) is 9.42. The van der Waals surface area contributed by atoms with Gasteiger partial charge in [-0.05, 0) is 63.6 Å². The average Bonchev–Trinajstić information content (AvgIpc) is 3.37. The van der Waals surface area contributed by atoms with Crippen molar-refractivity contribution in [3.63, 3.8) is 0 Å². The van der Waals surface area contributed by atoms with Gasteiger partial charge in [0.2, 0.25) is 0 Å². The van der Waals surface area contributed by atoms with Crippen LogP contribution in [-0.2, 0) is 11.3 Å². The van der Waals surface area contributed by atoms with E-state index in [1.807, 2.05) is 39.0 Å². The SMILES string of the molecule is CCOc1cccc(CN(CC)[C@@H]2CCN(c3ccccc3-c3ccncc3C(=O)OC(C)C)C2)c1. The summed E-state index contributed by atoms with van der Waals surface area (Å²) in [5.74, 6) is 0.589. The van der Waals surface area contributed by atoms with Crippen LogP contribution in [0.5, 0.6) is 5.75 Å². The maximum Gasteiger partial charge on any atom is 0.340 e. The van der Waals surface area contributed by atoms with Crippen molar-refractivity contribution in [1.82, 2.24) is 9.88 Å². The number of carbonyl (C=O) groups excluding carboxylic acids is 1. The maximum absolute atomic E-state index is 12.8. The number of likely N-dealkylation sites (N-methyl/N-ethyl adjacent to an activating group) is 1. The van der Waals surface area contributed by atoms with E-state index in [-0.39, 0.29) is 12.1 Å². The first kappa shape index (κ1) is 25.7. The molecule has 0 bridgehead atoms. The fourth-order valence-corrected chi connectivity index (χ4v) is 4.94. The fraction of sp³-hybridized carbons (Fsp3) is 0.400. The predicted octanol–water partition coefficient (Wildman–Crippen LogP) is 5.81. The van der Waals surface area contributed by atoms with Crippen molar-refractivity contribution < 1.29 is 14.3 Å². The van der Waals surface area contributed by atoms with Crippen molar-refractivity contribution in [2.45, 2.75) is 52.8 Å². The first-order chi connectivity index (χ1) is 17.5. The van der Waals surface area contributed by atoms with Gasteiger partial charge >= 0.3 is 5.97 Å². The summed E-state index contributed by atoms with van der Waals surface area (Å²) < 4.78 is 11.2. The molecule has 36 heavy (non-hydrogen) atoms. The third kappa shape index (κ3) is 6.05. The first-order valence-electron chi connectivity index (χ1n) is 12.9. The summed E-state index contributed by atoms with van der Waals surface area (Å²) in [5, 5.41) is 0. The number of pyridine rings is 1. The number of benzene rings is 2. The number of ether oxygens (including phenoxy) is 2. The molecular formula is C30H37N3O3. The Labute approximate surface area is 214 Å². The zero-order chi connectivity index (χ0) is 25.5. The number of rotatable bonds is 10. The molecule has 1 saturated heterocycles. The molecule has 0 N–H and O–H groups in total. The summed E-state index contributed by atoms with van der Waals surface area (Å²) >= 11 is 0. The largest absolute Gasteiger partial charge is 0.494 e. The second kappa shape index (κ2) is 12.0. The maximum atomic E-state index is 12.8. The Kier molecular flexibility index (Phi) is 8.60. The van der Waals surface area contributed by atoms with Gasteiger partial charge in [-0.15, -0.1) is 0 Å². The van der Waals surface area contributed by atoms with Gasteiger partial charge in [-0.2, -0.15) is 0 Å². The van der Waals surface area contributed by atoms with Gasteiger partial charge in [0.05, 0.1) is 18.3 Å². The molecule has 0 saturated carbocycles. The van der Waals surface area contributed by atoms with E-state index < -0.39 is 0 Å². The van der Waals surface area contributed by atoms with E-state index in [0.717, 1.165) is 55.2 Å². The Morgan fingerprint density at radius 3 is 2.72 bits per heavy atom. The van der Waals surface area contributed by atoms with Crippen LogP contribution in [0.2, 0.25) is 0 Å². The molecule has 1 aliphatic rings. The van der Waals surface area contributed by atoms with Crippen LogP contribution in [0.4, 0.5) is 5.69 Å². The number of hydrogen-bond donors (Lipinski definition) is 0. The third-order valence-corrected chi connectivity index (χ3v) is 6.60. The molecule has 0 aliphatic carbocycles. The number of para-hydroxylation sites is 1. The molecule has 0 radical (unpaired) electrons. The number of aromatic nitrogens is 1. The van der Waals surface area contributed by atoms with E-state index in [4.69, 9.17) is 9.47 Å². The third-order valence-electron chi connectivity index (χ3n) is 6.60. The van der Waals surface area contributed by atoms with Gasteiger partial charge in [0.1, 0.15) is 5.75 Å². The molecule has 0 amide bonds. The van der Waals surface area contributed by atoms with Crippen LogP contribution in [0.25, 0.3) is 11.1 Å². The van der Waals surface area contributed by atoms with Crippen LogP contribution in [0.1, 0.15) is 50.0 Å². The topological polar surface area (TPSA) is 54.9 Å². The van der Waals surface area contributed by atoms with Crippen LogP contribution in [-0.4, -0.2) is 54.2 Å². The molecule has 1 fully saturated rings. The normalized spacial score (nSPS) is 15.5. The van der Waals surface area contributed by atoms with Crippen molar-refractivity contribution in [3.8, 4) is 16.9 Å². The quantitative estimate of drug-likeness (QED) is 0.336. The minimum Gasteiger partial charge on any atom is -0.494 e. The molecule has 2 aromatic carbocycles. The Morgan fingerprint density at radius 1 is 1.11 bits per heavy atom. The van der Waals surface area contributed by atoms with Crippen molar-refractivity contribution in [2.24, 2.45) is 0 Å². The standard InChI is InChI=1S/C30H37N3O3/c1-5-32(20-23-10-9-11-25(18-23)35-6-2)24-15-17-33(21-24)29-13-8-7-12-27(29)26-14-16-31-19-28(26)30(34)36-22(3)4/h7-14,16,18-19,22,24H,5-6,15,17,20-21H2,1-4H3/t24-/m1/s1. The highest BCUT2D eigenvalue weighted by Gasteiger charge is 2.29. The molecule has 4 rings (SSSR count). The summed E-state index contributed by atoms with van der Waals surface area (Å²) in [6.45, 7) is 12.4. The Bertz CT molecular complexity index is 1160. The lowest BCUT2D eigenvalue weighted by molar-refractivity contribution is 0.0378. The zero-order valence-corrected chi connectivity index (χ0v) is 21.8. The van der Waals surface area contributed by atoms with Gasteiger partial charge in [-0.3, -0.25) is 9.88 Å². The number of anilines is 1. The van der Waals surface area contributed by atoms with E-state index in [2.05, 4.69) is 58.1 Å². The Morgan fingerprint density at radius 2 is 1.94 bits per heavy atom. The summed E-state index contributed by atoms with van der Waals surface area (Å²) in [5.41, 5.74) is 4.79. The number of nitrogens with zero attached hydrogens (tertiary/aromatic N) is 3. The molecule has 1 aliphatic heterocycles. The molecule has 2 heterocycles. The molecular weight excluding hydrogens is 450 g/mol. The molecule has 0 unspecified atom stereocenters. The van der Waals surface area contributed by atoms with Crippen molar-refractivity contribution in [3.05, 3.63) is 78.1 Å². The number of carbonyl (C=O) groups is 1. The highest BCUT2D eigenvalue weighted by Crippen LogP contribution is 2.35. The Balaban J connectivity index is 1.54. The molecule has 6 heteroatoms. The zero-order valence-electron chi connectivity index (χ0n) is 21.8. The van der Waals surface area contributed by atoms with Gasteiger partial charge in [-0.1, -0.05) is 37.3 Å². The molecule has 190 valence electrons. The van der Waals surface area contributed by atoms with Crippen LogP contribution in [0.3, 0.4) is 0 Å². The molecule has 1 aromatic heterocycles. The number of esters is 1. The average molecular weight is 488 g/mol. The van der Waals surface area contributed by atoms with Crippen LogP contribution in [0.15, 0.2) is 67.0 Å². The van der Waals surface area contributed by atoms with Gasteiger partial charge in [0, 0.05) is 54.9 Å². The van der Waals surface area contributed by atoms with Crippen molar-refractivity contribution >= 4 is 11.7 Å². The monoisotopic (exact) mass is 487 g/mol. The van der Waals surface area contributed by atoms with E-state index in [9.17, 15) is 4.79 Å². The number of hydrogen-bond acceptors (Lipinski definition) is 6. The van der Waals surface area contributed by atoms with Gasteiger partial charge < -0.3 is 14.4 Å². The van der Waals surface area contributed by atoms with Gasteiger partial charge in [-0.25, -0.2) is 4.79 Å². The van der Waals surface area contributed by atoms with Crippen LogP contribution in [0, 0.1) is 0 Å². The van der Waals surface area contributed by atoms with E-state index in [1.165, 1.54) is 5.56 Å². The molecule has 3 aromatic rings. The minimum atomic E-state index is -0.339. The molecule has 0 spiro atoms. The summed E-state index contributed by atoms with van der Waals surface area (Å²) in [6.07, 6.45) is 4.25.